The monoisotopic (exact) mass is 305 g/mol. The Balaban J connectivity index is 1.95. The maximum Gasteiger partial charge on any atom is 0.274 e. The second-order valence-corrected chi connectivity index (χ2v) is 5.71. The molecule has 6 nitrogen and oxygen atoms in total. The lowest BCUT2D eigenvalue weighted by Crippen LogP contribution is -2.37. The van der Waals surface area contributed by atoms with Crippen LogP contribution in [0.4, 0.5) is 11.4 Å². The van der Waals surface area contributed by atoms with Crippen LogP contribution in [-0.2, 0) is 4.79 Å². The molecule has 1 aliphatic heterocycles. The molecule has 0 atom stereocenters. The van der Waals surface area contributed by atoms with Crippen molar-refractivity contribution in [2.24, 2.45) is 0 Å². The van der Waals surface area contributed by atoms with Gasteiger partial charge >= 0.3 is 0 Å². The van der Waals surface area contributed by atoms with Crippen LogP contribution in [0, 0.1) is 17.0 Å². The first-order chi connectivity index (χ1) is 10.6. The number of nitrogens with zero attached hydrogens (tertiary/aromatic N) is 2. The van der Waals surface area contributed by atoms with Gasteiger partial charge in [0.25, 0.3) is 5.69 Å². The first-order valence-electron chi connectivity index (χ1n) is 7.85. The van der Waals surface area contributed by atoms with Crippen LogP contribution < -0.4 is 5.32 Å². The zero-order valence-corrected chi connectivity index (χ0v) is 13.0. The highest BCUT2D eigenvalue weighted by Gasteiger charge is 2.17. The molecule has 0 bridgehead atoms. The first-order valence-corrected chi connectivity index (χ1v) is 7.85. The quantitative estimate of drug-likeness (QED) is 0.685. The van der Waals surface area contributed by atoms with Crippen molar-refractivity contribution in [3.63, 3.8) is 0 Å². The standard InChI is InChI=1S/C16H23N3O3/c1-13-14(8-7-9-15(13)19(21)22)17-12-16(20)18-10-5-3-2-4-6-11-18/h7-9,17H,2-6,10-12H2,1H3. The van der Waals surface area contributed by atoms with Crippen LogP contribution in [-0.4, -0.2) is 35.4 Å². The molecular weight excluding hydrogens is 282 g/mol. The van der Waals surface area contributed by atoms with Gasteiger partial charge in [-0.25, -0.2) is 0 Å². The van der Waals surface area contributed by atoms with E-state index in [0.29, 0.717) is 11.3 Å². The van der Waals surface area contributed by atoms with E-state index in [-0.39, 0.29) is 18.1 Å². The molecule has 0 aromatic heterocycles. The minimum absolute atomic E-state index is 0.0628. The lowest BCUT2D eigenvalue weighted by atomic mass is 10.1. The lowest BCUT2D eigenvalue weighted by Gasteiger charge is -2.25. The van der Waals surface area contributed by atoms with Gasteiger partial charge in [0.2, 0.25) is 5.91 Å². The van der Waals surface area contributed by atoms with Gasteiger partial charge in [-0.05, 0) is 25.8 Å². The number of likely N-dealkylation sites (tertiary alicyclic amines) is 1. The largest absolute Gasteiger partial charge is 0.376 e. The van der Waals surface area contributed by atoms with Crippen molar-refractivity contribution in [2.45, 2.75) is 39.0 Å². The SMILES string of the molecule is Cc1c(NCC(=O)N2CCCCCCC2)cccc1[N+](=O)[O-]. The highest BCUT2D eigenvalue weighted by atomic mass is 16.6. The Kier molecular flexibility index (Phi) is 5.75. The summed E-state index contributed by atoms with van der Waals surface area (Å²) in [5.41, 5.74) is 1.28. The molecule has 6 heteroatoms. The van der Waals surface area contributed by atoms with Gasteiger partial charge in [0.1, 0.15) is 0 Å². The smallest absolute Gasteiger partial charge is 0.274 e. The van der Waals surface area contributed by atoms with Crippen molar-refractivity contribution >= 4 is 17.3 Å². The summed E-state index contributed by atoms with van der Waals surface area (Å²) in [6.07, 6.45) is 5.73. The second kappa shape index (κ2) is 7.77. The van der Waals surface area contributed by atoms with E-state index in [9.17, 15) is 14.9 Å². The van der Waals surface area contributed by atoms with Crippen molar-refractivity contribution in [2.75, 3.05) is 25.0 Å². The number of carbonyl (C=O) groups excluding carboxylic acids is 1. The fourth-order valence-electron chi connectivity index (χ4n) is 2.79. The van der Waals surface area contributed by atoms with Gasteiger partial charge in [-0.2, -0.15) is 0 Å². The van der Waals surface area contributed by atoms with Crippen LogP contribution in [0.1, 0.15) is 37.7 Å². The summed E-state index contributed by atoms with van der Waals surface area (Å²) in [7, 11) is 0. The summed E-state index contributed by atoms with van der Waals surface area (Å²) >= 11 is 0. The van der Waals surface area contributed by atoms with E-state index >= 15 is 0 Å². The predicted molar refractivity (Wildman–Crippen MR) is 86.0 cm³/mol. The highest BCUT2D eigenvalue weighted by molar-refractivity contribution is 5.81. The number of hydrogen-bond donors (Lipinski definition) is 1. The van der Waals surface area contributed by atoms with Crippen LogP contribution in [0.25, 0.3) is 0 Å². The summed E-state index contributed by atoms with van der Waals surface area (Å²) in [4.78, 5) is 24.7. The molecule has 1 heterocycles. The number of carbonyl (C=O) groups is 1. The molecule has 0 spiro atoms. The Morgan fingerprint density at radius 1 is 1.23 bits per heavy atom. The summed E-state index contributed by atoms with van der Waals surface area (Å²) in [6, 6.07) is 4.87. The number of anilines is 1. The van der Waals surface area contributed by atoms with E-state index in [2.05, 4.69) is 5.32 Å². The Labute approximate surface area is 130 Å². The molecule has 0 radical (unpaired) electrons. The van der Waals surface area contributed by atoms with Crippen molar-refractivity contribution in [1.82, 2.24) is 4.90 Å². The molecule has 120 valence electrons. The number of amides is 1. The fourth-order valence-corrected chi connectivity index (χ4v) is 2.79. The molecule has 0 aliphatic carbocycles. The molecule has 1 N–H and O–H groups in total. The average molecular weight is 305 g/mol. The van der Waals surface area contributed by atoms with E-state index in [4.69, 9.17) is 0 Å². The van der Waals surface area contributed by atoms with Gasteiger partial charge in [-0.3, -0.25) is 14.9 Å². The van der Waals surface area contributed by atoms with Gasteiger partial charge in [-0.1, -0.05) is 25.3 Å². The van der Waals surface area contributed by atoms with Crippen LogP contribution in [0.5, 0.6) is 0 Å². The molecule has 1 aromatic rings. The molecule has 0 saturated carbocycles. The van der Waals surface area contributed by atoms with Gasteiger partial charge in [0, 0.05) is 30.4 Å². The van der Waals surface area contributed by atoms with E-state index in [1.807, 2.05) is 4.90 Å². The maximum atomic E-state index is 12.3. The van der Waals surface area contributed by atoms with Gasteiger partial charge in [0.15, 0.2) is 0 Å². The minimum atomic E-state index is -0.402. The number of rotatable bonds is 4. The summed E-state index contributed by atoms with van der Waals surface area (Å²) in [5, 5.41) is 14.0. The number of benzene rings is 1. The summed E-state index contributed by atoms with van der Waals surface area (Å²) in [6.45, 7) is 3.51. The molecule has 0 unspecified atom stereocenters. The van der Waals surface area contributed by atoms with Crippen LogP contribution in [0.3, 0.4) is 0 Å². The Hall–Kier alpha value is -2.11. The number of nitro groups is 1. The van der Waals surface area contributed by atoms with Gasteiger partial charge in [-0.15, -0.1) is 0 Å². The molecular formula is C16H23N3O3. The van der Waals surface area contributed by atoms with E-state index in [1.54, 1.807) is 19.1 Å². The summed E-state index contributed by atoms with van der Waals surface area (Å²) < 4.78 is 0. The maximum absolute atomic E-state index is 12.3. The highest BCUT2D eigenvalue weighted by Crippen LogP contribution is 2.24. The van der Waals surface area contributed by atoms with Crippen molar-refractivity contribution in [3.8, 4) is 0 Å². The Morgan fingerprint density at radius 2 is 1.86 bits per heavy atom. The molecule has 1 fully saturated rings. The molecule has 2 rings (SSSR count). The van der Waals surface area contributed by atoms with Crippen LogP contribution in [0.2, 0.25) is 0 Å². The Morgan fingerprint density at radius 3 is 2.50 bits per heavy atom. The minimum Gasteiger partial charge on any atom is -0.376 e. The topological polar surface area (TPSA) is 75.5 Å². The third-order valence-electron chi connectivity index (χ3n) is 4.14. The third kappa shape index (κ3) is 4.19. The molecule has 1 aliphatic rings. The van der Waals surface area contributed by atoms with E-state index < -0.39 is 4.92 Å². The van der Waals surface area contributed by atoms with Crippen molar-refractivity contribution in [1.29, 1.82) is 0 Å². The molecule has 22 heavy (non-hydrogen) atoms. The van der Waals surface area contributed by atoms with E-state index in [0.717, 1.165) is 25.9 Å². The number of nitro benzene ring substituents is 1. The first kappa shape index (κ1) is 16.3. The number of hydrogen-bond acceptors (Lipinski definition) is 4. The third-order valence-corrected chi connectivity index (χ3v) is 4.14. The van der Waals surface area contributed by atoms with Crippen LogP contribution in [0.15, 0.2) is 18.2 Å². The zero-order valence-electron chi connectivity index (χ0n) is 13.0. The van der Waals surface area contributed by atoms with Crippen molar-refractivity contribution < 1.29 is 9.72 Å². The normalized spacial score (nSPS) is 15.8. The van der Waals surface area contributed by atoms with Gasteiger partial charge < -0.3 is 10.2 Å². The number of nitrogens with one attached hydrogen (secondary N) is 1. The molecule has 1 saturated heterocycles. The lowest BCUT2D eigenvalue weighted by molar-refractivity contribution is -0.385. The van der Waals surface area contributed by atoms with Crippen LogP contribution >= 0.6 is 0 Å². The predicted octanol–water partition coefficient (Wildman–Crippen LogP) is 3.11. The van der Waals surface area contributed by atoms with Gasteiger partial charge in [0.05, 0.1) is 11.5 Å². The van der Waals surface area contributed by atoms with Crippen molar-refractivity contribution in [3.05, 3.63) is 33.9 Å². The molecule has 1 aromatic carbocycles. The average Bonchev–Trinajstić information content (AvgIpc) is 2.45. The fraction of sp³-hybridized carbons (Fsp3) is 0.562. The zero-order chi connectivity index (χ0) is 15.9. The Bertz CT molecular complexity index is 537. The molecule has 1 amide bonds. The second-order valence-electron chi connectivity index (χ2n) is 5.71. The van der Waals surface area contributed by atoms with E-state index in [1.165, 1.54) is 25.3 Å². The summed E-state index contributed by atoms with van der Waals surface area (Å²) in [5.74, 6) is 0.0628.